The summed E-state index contributed by atoms with van der Waals surface area (Å²) in [5, 5.41) is 0.351. The van der Waals surface area contributed by atoms with Gasteiger partial charge in [-0.3, -0.25) is 0 Å². The summed E-state index contributed by atoms with van der Waals surface area (Å²) < 4.78 is 37.5. The predicted molar refractivity (Wildman–Crippen MR) is 77.4 cm³/mol. The topological polar surface area (TPSA) is 46.2 Å². The highest BCUT2D eigenvalue weighted by molar-refractivity contribution is 7.99. The summed E-state index contributed by atoms with van der Waals surface area (Å²) in [5.41, 5.74) is 2.36. The Morgan fingerprint density at radius 3 is 3.00 bits per heavy atom. The first-order valence-electron chi connectivity index (χ1n) is 6.30. The molecule has 2 rings (SSSR count). The van der Waals surface area contributed by atoms with Gasteiger partial charge in [0.05, 0.1) is 6.26 Å². The molecule has 0 bridgehead atoms. The molecule has 0 amide bonds. The van der Waals surface area contributed by atoms with E-state index in [0.717, 1.165) is 36.8 Å². The van der Waals surface area contributed by atoms with Crippen LogP contribution in [0.2, 0.25) is 0 Å². The smallest absolute Gasteiger partial charge is 0.208 e. The molecule has 1 aromatic carbocycles. The lowest BCUT2D eigenvalue weighted by atomic mass is 10.1. The van der Waals surface area contributed by atoms with Crippen molar-refractivity contribution in [1.29, 1.82) is 0 Å². The third kappa shape index (κ3) is 4.47. The van der Waals surface area contributed by atoms with Crippen LogP contribution < -0.4 is 4.72 Å². The maximum Gasteiger partial charge on any atom is 0.208 e. The number of sulfonamides is 1. The molecule has 1 atom stereocenters. The fourth-order valence-corrected chi connectivity index (χ4v) is 4.06. The molecule has 0 spiro atoms. The van der Waals surface area contributed by atoms with Gasteiger partial charge in [0.2, 0.25) is 10.0 Å². The number of halogens is 1. The van der Waals surface area contributed by atoms with Gasteiger partial charge in [-0.25, -0.2) is 17.5 Å². The Kier molecular flexibility index (Phi) is 4.86. The van der Waals surface area contributed by atoms with E-state index >= 15 is 0 Å². The monoisotopic (exact) mass is 303 g/mol. The molecule has 106 valence electrons. The summed E-state index contributed by atoms with van der Waals surface area (Å²) in [6, 6.07) is 5.02. The van der Waals surface area contributed by atoms with E-state index in [1.165, 1.54) is 11.6 Å². The minimum Gasteiger partial charge on any atom is -0.215 e. The van der Waals surface area contributed by atoms with Gasteiger partial charge in [0.25, 0.3) is 0 Å². The number of hydrogen-bond acceptors (Lipinski definition) is 3. The van der Waals surface area contributed by atoms with E-state index in [9.17, 15) is 12.8 Å². The van der Waals surface area contributed by atoms with E-state index in [1.54, 1.807) is 17.8 Å². The molecule has 1 aliphatic rings. The Balaban J connectivity index is 1.78. The van der Waals surface area contributed by atoms with Crippen molar-refractivity contribution in [3.8, 4) is 0 Å². The number of fused-ring (bicyclic) bond motifs is 1. The maximum atomic E-state index is 13.2. The summed E-state index contributed by atoms with van der Waals surface area (Å²) in [7, 11) is -3.09. The summed E-state index contributed by atoms with van der Waals surface area (Å²) in [6.45, 7) is 0.467. The molecule has 0 radical (unpaired) electrons. The van der Waals surface area contributed by atoms with Crippen molar-refractivity contribution in [2.45, 2.75) is 24.5 Å². The van der Waals surface area contributed by atoms with Gasteiger partial charge in [-0.05, 0) is 48.3 Å². The third-order valence-corrected chi connectivity index (χ3v) is 5.28. The van der Waals surface area contributed by atoms with Crippen LogP contribution in [-0.4, -0.2) is 27.0 Å². The Morgan fingerprint density at radius 2 is 2.26 bits per heavy atom. The highest BCUT2D eigenvalue weighted by atomic mass is 32.2. The second-order valence-corrected chi connectivity index (χ2v) is 7.90. The van der Waals surface area contributed by atoms with E-state index in [-0.39, 0.29) is 5.82 Å². The van der Waals surface area contributed by atoms with Gasteiger partial charge in [-0.1, -0.05) is 6.07 Å². The van der Waals surface area contributed by atoms with Crippen molar-refractivity contribution < 1.29 is 12.8 Å². The Bertz CT molecular complexity index is 546. The molecule has 0 saturated heterocycles. The van der Waals surface area contributed by atoms with E-state index in [4.69, 9.17) is 0 Å². The van der Waals surface area contributed by atoms with Crippen molar-refractivity contribution in [2.24, 2.45) is 0 Å². The number of benzene rings is 1. The molecule has 0 fully saturated rings. The molecule has 1 aromatic rings. The first kappa shape index (κ1) is 14.8. The van der Waals surface area contributed by atoms with Gasteiger partial charge in [-0.15, -0.1) is 0 Å². The minimum absolute atomic E-state index is 0.176. The van der Waals surface area contributed by atoms with Gasteiger partial charge < -0.3 is 0 Å². The zero-order valence-electron chi connectivity index (χ0n) is 10.9. The van der Waals surface area contributed by atoms with Crippen LogP contribution in [0.4, 0.5) is 4.39 Å². The molecular weight excluding hydrogens is 285 g/mol. The zero-order chi connectivity index (χ0) is 13.9. The molecule has 1 aliphatic carbocycles. The summed E-state index contributed by atoms with van der Waals surface area (Å²) in [4.78, 5) is 0. The molecule has 6 heteroatoms. The number of hydrogen-bond donors (Lipinski definition) is 1. The van der Waals surface area contributed by atoms with Crippen LogP contribution in [0.5, 0.6) is 0 Å². The van der Waals surface area contributed by atoms with E-state index < -0.39 is 10.0 Å². The largest absolute Gasteiger partial charge is 0.215 e. The van der Waals surface area contributed by atoms with Gasteiger partial charge >= 0.3 is 0 Å². The summed E-state index contributed by atoms with van der Waals surface area (Å²) in [5.74, 6) is 0.702. The van der Waals surface area contributed by atoms with Crippen LogP contribution in [0.15, 0.2) is 18.2 Å². The van der Waals surface area contributed by atoms with Gasteiger partial charge in [0.1, 0.15) is 5.82 Å². The highest BCUT2D eigenvalue weighted by Crippen LogP contribution is 2.41. The van der Waals surface area contributed by atoms with E-state index in [2.05, 4.69) is 4.72 Å². The van der Waals surface area contributed by atoms with Crippen molar-refractivity contribution >= 4 is 21.8 Å². The Morgan fingerprint density at radius 1 is 1.47 bits per heavy atom. The summed E-state index contributed by atoms with van der Waals surface area (Å²) >= 11 is 1.78. The second kappa shape index (κ2) is 6.24. The van der Waals surface area contributed by atoms with Crippen molar-refractivity contribution in [1.82, 2.24) is 4.72 Å². The average molecular weight is 303 g/mol. The Hall–Kier alpha value is -0.590. The molecule has 0 unspecified atom stereocenters. The van der Waals surface area contributed by atoms with E-state index in [0.29, 0.717) is 11.8 Å². The van der Waals surface area contributed by atoms with Crippen molar-refractivity contribution in [2.75, 3.05) is 18.6 Å². The number of thioether (sulfide) groups is 1. The van der Waals surface area contributed by atoms with Crippen molar-refractivity contribution in [3.63, 3.8) is 0 Å². The molecule has 1 N–H and O–H groups in total. The van der Waals surface area contributed by atoms with Crippen LogP contribution >= 0.6 is 11.8 Å². The van der Waals surface area contributed by atoms with Crippen LogP contribution in [-0.2, 0) is 16.4 Å². The van der Waals surface area contributed by atoms with E-state index in [1.807, 2.05) is 6.07 Å². The van der Waals surface area contributed by atoms with Gasteiger partial charge in [0.15, 0.2) is 0 Å². The Labute approximate surface area is 118 Å². The lowest BCUT2D eigenvalue weighted by Gasteiger charge is -2.11. The molecule has 0 aliphatic heterocycles. The highest BCUT2D eigenvalue weighted by Gasteiger charge is 2.22. The lowest BCUT2D eigenvalue weighted by molar-refractivity contribution is 0.587. The molecule has 0 saturated carbocycles. The van der Waals surface area contributed by atoms with Crippen LogP contribution in [0.25, 0.3) is 0 Å². The standard InChI is InChI=1S/C13H18FNO2S2/c1-19(16,17)15-7-2-8-18-13-6-4-10-3-5-11(14)9-12(10)13/h3,5,9,13,15H,2,4,6-8H2,1H3/t13-/m0/s1. The first-order chi connectivity index (χ1) is 8.96. The molecule has 0 aromatic heterocycles. The number of nitrogens with one attached hydrogen (secondary N) is 1. The van der Waals surface area contributed by atoms with Gasteiger partial charge in [-0.2, -0.15) is 11.8 Å². The second-order valence-electron chi connectivity index (χ2n) is 4.76. The fourth-order valence-electron chi connectivity index (χ4n) is 2.26. The van der Waals surface area contributed by atoms with Crippen LogP contribution in [0.3, 0.4) is 0 Å². The average Bonchev–Trinajstić information content (AvgIpc) is 2.70. The summed E-state index contributed by atoms with van der Waals surface area (Å²) in [6.07, 6.45) is 4.01. The maximum absolute atomic E-state index is 13.2. The molecule has 19 heavy (non-hydrogen) atoms. The number of rotatable bonds is 6. The SMILES string of the molecule is CS(=O)(=O)NCCCS[C@H]1CCc2ccc(F)cc21. The van der Waals surface area contributed by atoms with Crippen LogP contribution in [0.1, 0.15) is 29.2 Å². The minimum atomic E-state index is -3.09. The van der Waals surface area contributed by atoms with Crippen molar-refractivity contribution in [3.05, 3.63) is 35.1 Å². The fraction of sp³-hybridized carbons (Fsp3) is 0.538. The molecule has 3 nitrogen and oxygen atoms in total. The normalized spacial score (nSPS) is 18.5. The third-order valence-electron chi connectivity index (χ3n) is 3.14. The first-order valence-corrected chi connectivity index (χ1v) is 9.24. The zero-order valence-corrected chi connectivity index (χ0v) is 12.5. The molecular formula is C13H18FNO2S2. The van der Waals surface area contributed by atoms with Crippen LogP contribution in [0, 0.1) is 5.82 Å². The number of aryl methyl sites for hydroxylation is 1. The van der Waals surface area contributed by atoms with Gasteiger partial charge in [0, 0.05) is 11.8 Å². The lowest BCUT2D eigenvalue weighted by Crippen LogP contribution is -2.23. The predicted octanol–water partition coefficient (Wildman–Crippen LogP) is 2.49. The quantitative estimate of drug-likeness (QED) is 0.821. The molecule has 0 heterocycles.